The van der Waals surface area contributed by atoms with Crippen molar-refractivity contribution in [3.8, 4) is 11.8 Å². The molecule has 1 unspecified atom stereocenters. The highest BCUT2D eigenvalue weighted by molar-refractivity contribution is 5.95. The van der Waals surface area contributed by atoms with Crippen LogP contribution in [-0.2, 0) is 0 Å². The van der Waals surface area contributed by atoms with Gasteiger partial charge in [-0.3, -0.25) is 4.79 Å². The van der Waals surface area contributed by atoms with Crippen molar-refractivity contribution in [2.24, 2.45) is 0 Å². The number of anilines is 1. The van der Waals surface area contributed by atoms with E-state index in [1.54, 1.807) is 19.2 Å². The summed E-state index contributed by atoms with van der Waals surface area (Å²) in [4.78, 5) is 16.7. The van der Waals surface area contributed by atoms with Crippen molar-refractivity contribution in [1.29, 1.82) is 0 Å². The molecule has 2 heterocycles. The Hall–Kier alpha value is -2.83. The van der Waals surface area contributed by atoms with Crippen molar-refractivity contribution in [2.75, 3.05) is 39.2 Å². The van der Waals surface area contributed by atoms with E-state index in [0.29, 0.717) is 23.9 Å². The van der Waals surface area contributed by atoms with E-state index in [1.165, 1.54) is 0 Å². The molecule has 1 saturated heterocycles. The quantitative estimate of drug-likeness (QED) is 0.818. The number of aromatic nitrogens is 2. The number of hydrogen-bond donors (Lipinski definition) is 0. The summed E-state index contributed by atoms with van der Waals surface area (Å²) in [6, 6.07) is 11.1. The zero-order valence-electron chi connectivity index (χ0n) is 15.4. The van der Waals surface area contributed by atoms with Crippen LogP contribution in [0.5, 0.6) is 11.8 Å². The molecule has 0 bridgehead atoms. The van der Waals surface area contributed by atoms with Crippen molar-refractivity contribution in [3.63, 3.8) is 0 Å². The SMILES string of the molecule is COc1ccc(OC2CCCN(C(=O)c3cccc(N(C)C)c3)C2)nn1. The highest BCUT2D eigenvalue weighted by Crippen LogP contribution is 2.21. The third-order valence-electron chi connectivity index (χ3n) is 4.39. The van der Waals surface area contributed by atoms with Crippen molar-refractivity contribution in [3.05, 3.63) is 42.0 Å². The van der Waals surface area contributed by atoms with Crippen LogP contribution < -0.4 is 14.4 Å². The van der Waals surface area contributed by atoms with Gasteiger partial charge in [0.1, 0.15) is 6.10 Å². The first-order valence-electron chi connectivity index (χ1n) is 8.68. The van der Waals surface area contributed by atoms with Crippen LogP contribution in [-0.4, -0.2) is 61.4 Å². The molecule has 2 aromatic rings. The molecule has 1 atom stereocenters. The van der Waals surface area contributed by atoms with E-state index in [1.807, 2.05) is 48.2 Å². The second kappa shape index (κ2) is 8.03. The predicted octanol–water partition coefficient (Wildman–Crippen LogP) is 2.23. The maximum Gasteiger partial charge on any atom is 0.254 e. The molecule has 0 saturated carbocycles. The molecule has 1 aliphatic rings. The number of methoxy groups -OCH3 is 1. The minimum absolute atomic E-state index is 0.0304. The van der Waals surface area contributed by atoms with E-state index >= 15 is 0 Å². The van der Waals surface area contributed by atoms with Gasteiger partial charge in [0, 0.05) is 44.0 Å². The van der Waals surface area contributed by atoms with Crippen LogP contribution >= 0.6 is 0 Å². The maximum atomic E-state index is 12.9. The summed E-state index contributed by atoms with van der Waals surface area (Å²) in [5.74, 6) is 0.918. The Kier molecular flexibility index (Phi) is 5.55. The number of ether oxygens (including phenoxy) is 2. The van der Waals surface area contributed by atoms with Crippen molar-refractivity contribution >= 4 is 11.6 Å². The molecule has 7 nitrogen and oxygen atoms in total. The van der Waals surface area contributed by atoms with Gasteiger partial charge in [-0.2, -0.15) is 0 Å². The molecule has 0 aliphatic carbocycles. The first-order chi connectivity index (χ1) is 12.6. The Balaban J connectivity index is 1.65. The second-order valence-corrected chi connectivity index (χ2v) is 6.49. The molecule has 1 amide bonds. The number of rotatable bonds is 5. The van der Waals surface area contributed by atoms with Crippen molar-refractivity contribution < 1.29 is 14.3 Å². The fourth-order valence-electron chi connectivity index (χ4n) is 2.97. The van der Waals surface area contributed by atoms with E-state index in [4.69, 9.17) is 9.47 Å². The predicted molar refractivity (Wildman–Crippen MR) is 98.9 cm³/mol. The fraction of sp³-hybridized carbons (Fsp3) is 0.421. The van der Waals surface area contributed by atoms with Crippen molar-refractivity contribution in [2.45, 2.75) is 18.9 Å². The molecule has 1 aromatic carbocycles. The van der Waals surface area contributed by atoms with Gasteiger partial charge in [0.15, 0.2) is 0 Å². The van der Waals surface area contributed by atoms with E-state index in [9.17, 15) is 4.79 Å². The average molecular weight is 356 g/mol. The molecule has 7 heteroatoms. The van der Waals surface area contributed by atoms with Gasteiger partial charge in [-0.05, 0) is 31.0 Å². The summed E-state index contributed by atoms with van der Waals surface area (Å²) in [7, 11) is 5.47. The number of carbonyl (C=O) groups excluding carboxylic acids is 1. The highest BCUT2D eigenvalue weighted by atomic mass is 16.5. The smallest absolute Gasteiger partial charge is 0.254 e. The van der Waals surface area contributed by atoms with E-state index < -0.39 is 0 Å². The summed E-state index contributed by atoms with van der Waals surface area (Å²) in [5.41, 5.74) is 1.70. The minimum Gasteiger partial charge on any atom is -0.480 e. The molecule has 3 rings (SSSR count). The Labute approximate surface area is 153 Å². The second-order valence-electron chi connectivity index (χ2n) is 6.49. The third kappa shape index (κ3) is 4.22. The largest absolute Gasteiger partial charge is 0.480 e. The summed E-state index contributed by atoms with van der Waals surface area (Å²) in [5, 5.41) is 7.90. The lowest BCUT2D eigenvalue weighted by atomic mass is 10.1. The molecule has 1 aliphatic heterocycles. The number of nitrogens with zero attached hydrogens (tertiary/aromatic N) is 4. The molecule has 26 heavy (non-hydrogen) atoms. The molecule has 0 spiro atoms. The Morgan fingerprint density at radius 1 is 1.19 bits per heavy atom. The van der Waals surface area contributed by atoms with E-state index in [-0.39, 0.29) is 12.0 Å². The van der Waals surface area contributed by atoms with Gasteiger partial charge in [-0.15, -0.1) is 10.2 Å². The molecule has 1 fully saturated rings. The van der Waals surface area contributed by atoms with Crippen LogP contribution in [0, 0.1) is 0 Å². The Morgan fingerprint density at radius 2 is 1.96 bits per heavy atom. The van der Waals surface area contributed by atoms with Crippen LogP contribution in [0.15, 0.2) is 36.4 Å². The standard InChI is InChI=1S/C19H24N4O3/c1-22(2)15-7-4-6-14(12-15)19(24)23-11-5-8-16(13-23)26-18-10-9-17(25-3)20-21-18/h4,6-7,9-10,12,16H,5,8,11,13H2,1-3H3. The van der Waals surface area contributed by atoms with Crippen LogP contribution in [0.3, 0.4) is 0 Å². The zero-order chi connectivity index (χ0) is 18.5. The molecule has 0 N–H and O–H groups in total. The highest BCUT2D eigenvalue weighted by Gasteiger charge is 2.26. The minimum atomic E-state index is -0.0903. The lowest BCUT2D eigenvalue weighted by Crippen LogP contribution is -2.44. The zero-order valence-corrected chi connectivity index (χ0v) is 15.4. The summed E-state index contributed by atoms with van der Waals surface area (Å²) in [6.45, 7) is 1.28. The van der Waals surface area contributed by atoms with Crippen LogP contribution in [0.1, 0.15) is 23.2 Å². The number of benzene rings is 1. The van der Waals surface area contributed by atoms with Gasteiger partial charge in [-0.25, -0.2) is 0 Å². The first kappa shape index (κ1) is 18.0. The molecular formula is C19H24N4O3. The maximum absolute atomic E-state index is 12.9. The average Bonchev–Trinajstić information content (AvgIpc) is 2.68. The Bertz CT molecular complexity index is 749. The third-order valence-corrected chi connectivity index (χ3v) is 4.39. The normalized spacial score (nSPS) is 16.9. The van der Waals surface area contributed by atoms with E-state index in [2.05, 4.69) is 10.2 Å². The number of amides is 1. The van der Waals surface area contributed by atoms with Crippen LogP contribution in [0.25, 0.3) is 0 Å². The number of likely N-dealkylation sites (tertiary alicyclic amines) is 1. The number of hydrogen-bond acceptors (Lipinski definition) is 6. The Morgan fingerprint density at radius 3 is 2.65 bits per heavy atom. The topological polar surface area (TPSA) is 67.8 Å². The monoisotopic (exact) mass is 356 g/mol. The molecule has 138 valence electrons. The van der Waals surface area contributed by atoms with Gasteiger partial charge in [0.25, 0.3) is 5.91 Å². The lowest BCUT2D eigenvalue weighted by Gasteiger charge is -2.32. The fourth-order valence-corrected chi connectivity index (χ4v) is 2.97. The molecule has 1 aromatic heterocycles. The molecular weight excluding hydrogens is 332 g/mol. The van der Waals surface area contributed by atoms with Gasteiger partial charge < -0.3 is 19.3 Å². The van der Waals surface area contributed by atoms with E-state index in [0.717, 1.165) is 25.1 Å². The number of carbonyl (C=O) groups is 1. The summed E-state index contributed by atoms with van der Waals surface area (Å²) in [6.07, 6.45) is 1.69. The van der Waals surface area contributed by atoms with Gasteiger partial charge in [0.05, 0.1) is 13.7 Å². The number of piperidine rings is 1. The first-order valence-corrected chi connectivity index (χ1v) is 8.68. The van der Waals surface area contributed by atoms with Gasteiger partial charge in [-0.1, -0.05) is 6.07 Å². The van der Waals surface area contributed by atoms with Crippen LogP contribution in [0.4, 0.5) is 5.69 Å². The summed E-state index contributed by atoms with van der Waals surface area (Å²) < 4.78 is 10.9. The summed E-state index contributed by atoms with van der Waals surface area (Å²) >= 11 is 0. The van der Waals surface area contributed by atoms with Crippen LogP contribution in [0.2, 0.25) is 0 Å². The van der Waals surface area contributed by atoms with Crippen molar-refractivity contribution in [1.82, 2.24) is 15.1 Å². The lowest BCUT2D eigenvalue weighted by molar-refractivity contribution is 0.0525. The van der Waals surface area contributed by atoms with Gasteiger partial charge >= 0.3 is 0 Å². The van der Waals surface area contributed by atoms with Gasteiger partial charge in [0.2, 0.25) is 11.8 Å². The molecule has 0 radical (unpaired) electrons.